The van der Waals surface area contributed by atoms with E-state index >= 15 is 0 Å². The molecule has 0 atom stereocenters. The number of amides is 1. The van der Waals surface area contributed by atoms with Crippen LogP contribution in [0.1, 0.15) is 5.56 Å². The number of aromatic nitrogens is 2. The number of nitrogens with zero attached hydrogens (tertiary/aromatic N) is 2. The molecule has 3 rings (SSSR count). The van der Waals surface area contributed by atoms with Crippen LogP contribution in [0.25, 0.3) is 10.6 Å². The van der Waals surface area contributed by atoms with Crippen molar-refractivity contribution in [1.29, 1.82) is 0 Å². The number of rotatable bonds is 5. The van der Waals surface area contributed by atoms with Gasteiger partial charge in [0.15, 0.2) is 0 Å². The van der Waals surface area contributed by atoms with Crippen LogP contribution in [-0.4, -0.2) is 15.5 Å². The Morgan fingerprint density at radius 1 is 1.25 bits per heavy atom. The van der Waals surface area contributed by atoms with Crippen LogP contribution in [0.4, 0.5) is 4.39 Å². The molecule has 1 amide bonds. The van der Waals surface area contributed by atoms with Gasteiger partial charge in [-0.15, -0.1) is 11.3 Å². The Morgan fingerprint density at radius 2 is 2.08 bits per heavy atom. The minimum Gasteiger partial charge on any atom is -0.350 e. The first-order valence-corrected chi connectivity index (χ1v) is 8.12. The van der Waals surface area contributed by atoms with Crippen molar-refractivity contribution in [3.63, 3.8) is 0 Å². The summed E-state index contributed by atoms with van der Waals surface area (Å²) in [6.07, 6.45) is 1.35. The second-order valence-corrected chi connectivity index (χ2v) is 6.03. The quantitative estimate of drug-likeness (QED) is 0.774. The Hall–Kier alpha value is -2.80. The number of carbonyl (C=O) groups is 1. The molecule has 2 heterocycles. The van der Waals surface area contributed by atoms with E-state index < -0.39 is 0 Å². The first-order chi connectivity index (χ1) is 11.6. The highest BCUT2D eigenvalue weighted by Gasteiger charge is 2.08. The van der Waals surface area contributed by atoms with Gasteiger partial charge in [-0.3, -0.25) is 14.2 Å². The second-order valence-electron chi connectivity index (χ2n) is 5.09. The van der Waals surface area contributed by atoms with Crippen LogP contribution in [0, 0.1) is 5.82 Å². The minimum atomic E-state index is -0.383. The molecule has 0 saturated heterocycles. The zero-order valence-electron chi connectivity index (χ0n) is 12.6. The molecule has 0 unspecified atom stereocenters. The molecule has 0 fully saturated rings. The maximum Gasteiger partial charge on any atom is 0.254 e. The van der Waals surface area contributed by atoms with Gasteiger partial charge in [0, 0.05) is 18.2 Å². The van der Waals surface area contributed by atoms with Gasteiger partial charge in [0.2, 0.25) is 5.91 Å². The van der Waals surface area contributed by atoms with E-state index in [1.807, 2.05) is 17.5 Å². The molecule has 0 radical (unpaired) electrons. The van der Waals surface area contributed by atoms with Crippen LogP contribution in [0.5, 0.6) is 0 Å². The van der Waals surface area contributed by atoms with E-state index in [0.29, 0.717) is 11.3 Å². The fourth-order valence-corrected chi connectivity index (χ4v) is 2.84. The molecule has 1 N–H and O–H groups in total. The standard InChI is InChI=1S/C17H14FN3O2S/c18-13-5-2-1-4-12(13)9-19-16(22)10-21-11-20-14(8-17(21)23)15-6-3-7-24-15/h1-8,11H,9-10H2,(H,19,22). The topological polar surface area (TPSA) is 64.0 Å². The number of benzene rings is 1. The highest BCUT2D eigenvalue weighted by atomic mass is 32.1. The number of carbonyl (C=O) groups excluding carboxylic acids is 1. The van der Waals surface area contributed by atoms with Crippen molar-refractivity contribution in [2.75, 3.05) is 0 Å². The first kappa shape index (κ1) is 16.1. The summed E-state index contributed by atoms with van der Waals surface area (Å²) < 4.78 is 14.7. The Bertz CT molecular complexity index is 906. The van der Waals surface area contributed by atoms with Crippen LogP contribution in [0.2, 0.25) is 0 Å². The van der Waals surface area contributed by atoms with E-state index in [4.69, 9.17) is 0 Å². The molecule has 0 spiro atoms. The SMILES string of the molecule is O=C(Cn1cnc(-c2cccs2)cc1=O)NCc1ccccc1F. The largest absolute Gasteiger partial charge is 0.350 e. The highest BCUT2D eigenvalue weighted by Crippen LogP contribution is 2.20. The lowest BCUT2D eigenvalue weighted by molar-refractivity contribution is -0.121. The van der Waals surface area contributed by atoms with Crippen LogP contribution >= 0.6 is 11.3 Å². The average Bonchev–Trinajstić information content (AvgIpc) is 3.10. The van der Waals surface area contributed by atoms with Crippen LogP contribution in [0.3, 0.4) is 0 Å². The van der Waals surface area contributed by atoms with Gasteiger partial charge in [-0.05, 0) is 17.5 Å². The Kier molecular flexibility index (Phi) is 4.81. The fourth-order valence-electron chi connectivity index (χ4n) is 2.15. The first-order valence-electron chi connectivity index (χ1n) is 7.24. The molecule has 2 aromatic heterocycles. The summed E-state index contributed by atoms with van der Waals surface area (Å²) in [5.74, 6) is -0.761. The van der Waals surface area contributed by atoms with Crippen LogP contribution in [0.15, 0.2) is 59.0 Å². The highest BCUT2D eigenvalue weighted by molar-refractivity contribution is 7.13. The van der Waals surface area contributed by atoms with Crippen molar-refractivity contribution in [2.45, 2.75) is 13.1 Å². The third-order valence-corrected chi connectivity index (χ3v) is 4.29. The van der Waals surface area contributed by atoms with Gasteiger partial charge in [-0.2, -0.15) is 0 Å². The van der Waals surface area contributed by atoms with Gasteiger partial charge in [0.05, 0.1) is 16.9 Å². The summed E-state index contributed by atoms with van der Waals surface area (Å²) in [6.45, 7) is -0.0913. The Morgan fingerprint density at radius 3 is 2.79 bits per heavy atom. The predicted molar refractivity (Wildman–Crippen MR) is 90.1 cm³/mol. The van der Waals surface area contributed by atoms with E-state index in [0.717, 1.165) is 4.88 Å². The van der Waals surface area contributed by atoms with Gasteiger partial charge in [-0.25, -0.2) is 9.37 Å². The summed E-state index contributed by atoms with van der Waals surface area (Å²) in [6, 6.07) is 11.4. The zero-order chi connectivity index (χ0) is 16.9. The molecule has 1 aromatic carbocycles. The van der Waals surface area contributed by atoms with Crippen molar-refractivity contribution >= 4 is 17.2 Å². The smallest absolute Gasteiger partial charge is 0.254 e. The number of hydrogen-bond acceptors (Lipinski definition) is 4. The summed E-state index contributed by atoms with van der Waals surface area (Å²) in [4.78, 5) is 29.1. The summed E-state index contributed by atoms with van der Waals surface area (Å²) in [5, 5.41) is 4.49. The predicted octanol–water partition coefficient (Wildman–Crippen LogP) is 2.43. The zero-order valence-corrected chi connectivity index (χ0v) is 13.4. The second kappa shape index (κ2) is 7.18. The van der Waals surface area contributed by atoms with Gasteiger partial charge in [-0.1, -0.05) is 24.3 Å². The molecule has 122 valence electrons. The molecule has 5 nitrogen and oxygen atoms in total. The molecule has 0 saturated carbocycles. The number of nitrogens with one attached hydrogen (secondary N) is 1. The number of halogens is 1. The van der Waals surface area contributed by atoms with Crippen molar-refractivity contribution in [1.82, 2.24) is 14.9 Å². The van der Waals surface area contributed by atoms with Crippen molar-refractivity contribution in [3.8, 4) is 10.6 Å². The molecular formula is C17H14FN3O2S. The molecule has 0 aliphatic heterocycles. The third kappa shape index (κ3) is 3.75. The molecule has 0 bridgehead atoms. The summed E-state index contributed by atoms with van der Waals surface area (Å²) in [7, 11) is 0. The van der Waals surface area contributed by atoms with E-state index in [2.05, 4.69) is 10.3 Å². The van der Waals surface area contributed by atoms with Gasteiger partial charge >= 0.3 is 0 Å². The molecule has 0 aliphatic rings. The maximum absolute atomic E-state index is 13.5. The van der Waals surface area contributed by atoms with E-state index in [1.165, 1.54) is 34.4 Å². The molecular weight excluding hydrogens is 329 g/mol. The van der Waals surface area contributed by atoms with Crippen molar-refractivity contribution in [2.24, 2.45) is 0 Å². The minimum absolute atomic E-state index is 0.0704. The molecule has 7 heteroatoms. The van der Waals surface area contributed by atoms with Gasteiger partial charge in [0.25, 0.3) is 5.56 Å². The van der Waals surface area contributed by atoms with E-state index in [9.17, 15) is 14.0 Å². The Balaban J connectivity index is 1.64. The lowest BCUT2D eigenvalue weighted by Crippen LogP contribution is -2.32. The maximum atomic E-state index is 13.5. The molecule has 24 heavy (non-hydrogen) atoms. The number of hydrogen-bond donors (Lipinski definition) is 1. The molecule has 3 aromatic rings. The lowest BCUT2D eigenvalue weighted by atomic mass is 10.2. The van der Waals surface area contributed by atoms with Gasteiger partial charge in [0.1, 0.15) is 12.4 Å². The summed E-state index contributed by atoms with van der Waals surface area (Å²) >= 11 is 1.49. The van der Waals surface area contributed by atoms with Crippen LogP contribution in [-0.2, 0) is 17.9 Å². The van der Waals surface area contributed by atoms with Crippen molar-refractivity contribution < 1.29 is 9.18 Å². The monoisotopic (exact) mass is 343 g/mol. The van der Waals surface area contributed by atoms with Gasteiger partial charge < -0.3 is 5.32 Å². The summed E-state index contributed by atoms with van der Waals surface area (Å²) in [5.41, 5.74) is 0.664. The normalized spacial score (nSPS) is 10.5. The fraction of sp³-hybridized carbons (Fsp3) is 0.118. The Labute approximate surface area is 141 Å². The third-order valence-electron chi connectivity index (χ3n) is 3.40. The van der Waals surface area contributed by atoms with E-state index in [-0.39, 0.29) is 30.4 Å². The average molecular weight is 343 g/mol. The van der Waals surface area contributed by atoms with Crippen LogP contribution < -0.4 is 10.9 Å². The lowest BCUT2D eigenvalue weighted by Gasteiger charge is -2.08. The molecule has 0 aliphatic carbocycles. The van der Waals surface area contributed by atoms with E-state index in [1.54, 1.807) is 18.2 Å². The van der Waals surface area contributed by atoms with Crippen molar-refractivity contribution in [3.05, 3.63) is 75.9 Å². The number of thiophene rings is 1.